The Hall–Kier alpha value is -1.26. The summed E-state index contributed by atoms with van der Waals surface area (Å²) in [6, 6.07) is 8.21. The van der Waals surface area contributed by atoms with Gasteiger partial charge in [0.1, 0.15) is 11.5 Å². The number of furan rings is 1. The molecule has 0 aliphatic rings. The van der Waals surface area contributed by atoms with Gasteiger partial charge in [-0.1, -0.05) is 13.0 Å². The first-order chi connectivity index (χ1) is 9.33. The van der Waals surface area contributed by atoms with Crippen LogP contribution in [0.15, 0.2) is 34.9 Å². The molecule has 4 heteroatoms. The van der Waals surface area contributed by atoms with E-state index in [4.69, 9.17) is 4.42 Å². The van der Waals surface area contributed by atoms with Crippen molar-refractivity contribution in [3.63, 3.8) is 0 Å². The minimum Gasteiger partial charge on any atom is -0.464 e. The van der Waals surface area contributed by atoms with Gasteiger partial charge in [0.2, 0.25) is 0 Å². The van der Waals surface area contributed by atoms with Crippen LogP contribution in [0.3, 0.4) is 0 Å². The maximum Gasteiger partial charge on any atom is 0.118 e. The van der Waals surface area contributed by atoms with Crippen LogP contribution in [0.4, 0.5) is 0 Å². The molecule has 0 aromatic carbocycles. The molecule has 0 aliphatic carbocycles. The lowest BCUT2D eigenvalue weighted by Gasteiger charge is -2.07. The maximum absolute atomic E-state index is 5.71. The SMILES string of the molecule is CCc1cccnc1CNCc1ccc(CSC)o1. The van der Waals surface area contributed by atoms with Crippen molar-refractivity contribution in [2.75, 3.05) is 6.26 Å². The summed E-state index contributed by atoms with van der Waals surface area (Å²) in [7, 11) is 0. The van der Waals surface area contributed by atoms with E-state index < -0.39 is 0 Å². The van der Waals surface area contributed by atoms with Crippen molar-refractivity contribution in [2.24, 2.45) is 0 Å². The number of pyridine rings is 1. The van der Waals surface area contributed by atoms with E-state index in [2.05, 4.69) is 29.5 Å². The molecule has 19 heavy (non-hydrogen) atoms. The molecule has 3 nitrogen and oxygen atoms in total. The number of aryl methyl sites for hydroxylation is 1. The van der Waals surface area contributed by atoms with Gasteiger partial charge in [-0.15, -0.1) is 0 Å². The van der Waals surface area contributed by atoms with Gasteiger partial charge >= 0.3 is 0 Å². The number of hydrogen-bond donors (Lipinski definition) is 1. The zero-order valence-corrected chi connectivity index (χ0v) is 12.3. The summed E-state index contributed by atoms with van der Waals surface area (Å²) >= 11 is 1.77. The quantitative estimate of drug-likeness (QED) is 0.841. The molecule has 2 heterocycles. The molecule has 0 aliphatic heterocycles. The van der Waals surface area contributed by atoms with Gasteiger partial charge in [-0.25, -0.2) is 0 Å². The monoisotopic (exact) mass is 276 g/mol. The van der Waals surface area contributed by atoms with Crippen LogP contribution in [0.5, 0.6) is 0 Å². The Morgan fingerprint density at radius 3 is 2.84 bits per heavy atom. The fourth-order valence-electron chi connectivity index (χ4n) is 1.99. The van der Waals surface area contributed by atoms with E-state index in [0.717, 1.165) is 42.5 Å². The van der Waals surface area contributed by atoms with Crippen molar-refractivity contribution in [3.05, 3.63) is 53.2 Å². The molecule has 2 aromatic heterocycles. The summed E-state index contributed by atoms with van der Waals surface area (Å²) < 4.78 is 5.71. The van der Waals surface area contributed by atoms with Gasteiger partial charge in [0.25, 0.3) is 0 Å². The Morgan fingerprint density at radius 2 is 2.05 bits per heavy atom. The molecule has 0 amide bonds. The van der Waals surface area contributed by atoms with Crippen LogP contribution < -0.4 is 5.32 Å². The Labute approximate surface area is 118 Å². The standard InChI is InChI=1S/C15H20N2OS/c1-3-12-5-4-8-17-15(12)10-16-9-13-6-7-14(18-13)11-19-2/h4-8,16H,3,9-11H2,1-2H3. The average molecular weight is 276 g/mol. The summed E-state index contributed by atoms with van der Waals surface area (Å²) in [6.07, 6.45) is 4.94. The van der Waals surface area contributed by atoms with Crippen molar-refractivity contribution in [3.8, 4) is 0 Å². The van der Waals surface area contributed by atoms with Gasteiger partial charge in [-0.3, -0.25) is 4.98 Å². The van der Waals surface area contributed by atoms with E-state index in [-0.39, 0.29) is 0 Å². The van der Waals surface area contributed by atoms with Crippen LogP contribution >= 0.6 is 11.8 Å². The molecular weight excluding hydrogens is 256 g/mol. The fourth-order valence-corrected chi connectivity index (χ4v) is 2.43. The highest BCUT2D eigenvalue weighted by atomic mass is 32.2. The van der Waals surface area contributed by atoms with Crippen molar-refractivity contribution in [1.82, 2.24) is 10.3 Å². The molecular formula is C15H20N2OS. The van der Waals surface area contributed by atoms with Gasteiger partial charge in [0.15, 0.2) is 0 Å². The Bertz CT molecular complexity index is 510. The minimum absolute atomic E-state index is 0.744. The van der Waals surface area contributed by atoms with Gasteiger partial charge in [0.05, 0.1) is 18.0 Å². The zero-order valence-electron chi connectivity index (χ0n) is 11.5. The zero-order chi connectivity index (χ0) is 13.5. The van der Waals surface area contributed by atoms with E-state index >= 15 is 0 Å². The van der Waals surface area contributed by atoms with Crippen LogP contribution in [0.25, 0.3) is 0 Å². The third-order valence-corrected chi connectivity index (χ3v) is 3.53. The molecule has 2 rings (SSSR count). The number of nitrogens with zero attached hydrogens (tertiary/aromatic N) is 1. The molecule has 2 aromatic rings. The first-order valence-corrected chi connectivity index (χ1v) is 7.93. The number of nitrogens with one attached hydrogen (secondary N) is 1. The fraction of sp³-hybridized carbons (Fsp3) is 0.400. The van der Waals surface area contributed by atoms with E-state index in [1.807, 2.05) is 24.4 Å². The number of thioether (sulfide) groups is 1. The second kappa shape index (κ2) is 7.36. The van der Waals surface area contributed by atoms with Crippen LogP contribution in [-0.2, 0) is 25.3 Å². The lowest BCUT2D eigenvalue weighted by molar-refractivity contribution is 0.458. The number of aromatic nitrogens is 1. The topological polar surface area (TPSA) is 38.1 Å². The molecule has 0 radical (unpaired) electrons. The smallest absolute Gasteiger partial charge is 0.118 e. The van der Waals surface area contributed by atoms with E-state index in [1.165, 1.54) is 5.56 Å². The van der Waals surface area contributed by atoms with Crippen LogP contribution in [0.2, 0.25) is 0 Å². The first kappa shape index (κ1) is 14.2. The van der Waals surface area contributed by atoms with Gasteiger partial charge < -0.3 is 9.73 Å². The normalized spacial score (nSPS) is 10.8. The highest BCUT2D eigenvalue weighted by molar-refractivity contribution is 7.97. The van der Waals surface area contributed by atoms with Crippen molar-refractivity contribution in [2.45, 2.75) is 32.2 Å². The Balaban J connectivity index is 1.85. The molecule has 102 valence electrons. The molecule has 0 bridgehead atoms. The Morgan fingerprint density at radius 1 is 1.21 bits per heavy atom. The van der Waals surface area contributed by atoms with E-state index in [9.17, 15) is 0 Å². The summed E-state index contributed by atoms with van der Waals surface area (Å²) in [5.41, 5.74) is 2.43. The van der Waals surface area contributed by atoms with E-state index in [0.29, 0.717) is 0 Å². The summed E-state index contributed by atoms with van der Waals surface area (Å²) in [5, 5.41) is 3.39. The molecule has 0 saturated heterocycles. The molecule has 0 unspecified atom stereocenters. The van der Waals surface area contributed by atoms with Crippen LogP contribution in [-0.4, -0.2) is 11.2 Å². The lowest BCUT2D eigenvalue weighted by Crippen LogP contribution is -2.14. The van der Waals surface area contributed by atoms with Crippen molar-refractivity contribution in [1.29, 1.82) is 0 Å². The Kier molecular flexibility index (Phi) is 5.48. The van der Waals surface area contributed by atoms with Crippen molar-refractivity contribution < 1.29 is 4.42 Å². The summed E-state index contributed by atoms with van der Waals surface area (Å²) in [5.74, 6) is 2.95. The molecule has 0 atom stereocenters. The summed E-state index contributed by atoms with van der Waals surface area (Å²) in [4.78, 5) is 4.42. The van der Waals surface area contributed by atoms with Gasteiger partial charge in [-0.05, 0) is 36.4 Å². The molecule has 0 fully saturated rings. The molecule has 1 N–H and O–H groups in total. The predicted molar refractivity (Wildman–Crippen MR) is 80.1 cm³/mol. The lowest BCUT2D eigenvalue weighted by atomic mass is 10.1. The van der Waals surface area contributed by atoms with Gasteiger partial charge in [0, 0.05) is 12.7 Å². The number of rotatable bonds is 7. The highest BCUT2D eigenvalue weighted by Crippen LogP contribution is 2.13. The largest absolute Gasteiger partial charge is 0.464 e. The average Bonchev–Trinajstić information content (AvgIpc) is 2.87. The number of hydrogen-bond acceptors (Lipinski definition) is 4. The summed E-state index contributed by atoms with van der Waals surface area (Å²) in [6.45, 7) is 3.68. The van der Waals surface area contributed by atoms with Gasteiger partial charge in [-0.2, -0.15) is 11.8 Å². The first-order valence-electron chi connectivity index (χ1n) is 6.53. The molecule has 0 spiro atoms. The van der Waals surface area contributed by atoms with E-state index in [1.54, 1.807) is 11.8 Å². The predicted octanol–water partition coefficient (Wildman–Crippen LogP) is 3.39. The highest BCUT2D eigenvalue weighted by Gasteiger charge is 2.03. The third kappa shape index (κ3) is 4.11. The second-order valence-electron chi connectivity index (χ2n) is 4.37. The second-order valence-corrected chi connectivity index (χ2v) is 5.23. The van der Waals surface area contributed by atoms with Crippen LogP contribution in [0.1, 0.15) is 29.7 Å². The maximum atomic E-state index is 5.71. The van der Waals surface area contributed by atoms with Crippen LogP contribution in [0, 0.1) is 0 Å². The van der Waals surface area contributed by atoms with Crippen molar-refractivity contribution >= 4 is 11.8 Å². The molecule has 0 saturated carbocycles. The third-order valence-electron chi connectivity index (χ3n) is 2.96. The minimum atomic E-state index is 0.744.